The Labute approximate surface area is 188 Å². The van der Waals surface area contributed by atoms with Crippen LogP contribution >= 0.6 is 0 Å². The van der Waals surface area contributed by atoms with E-state index in [-0.39, 0.29) is 36.0 Å². The largest absolute Gasteiger partial charge is 0.391 e. The molecule has 0 spiro atoms. The number of likely N-dealkylation sites (tertiary alicyclic amines) is 1. The molecule has 176 valence electrons. The van der Waals surface area contributed by atoms with Crippen LogP contribution in [0.5, 0.6) is 0 Å². The van der Waals surface area contributed by atoms with E-state index in [2.05, 4.69) is 16.6 Å². The normalized spacial score (nSPS) is 20.7. The van der Waals surface area contributed by atoms with Crippen molar-refractivity contribution in [2.24, 2.45) is 5.41 Å². The Kier molecular flexibility index (Phi) is 8.02. The summed E-state index contributed by atoms with van der Waals surface area (Å²) in [4.78, 5) is 27.7. The van der Waals surface area contributed by atoms with Crippen LogP contribution in [0.4, 0.5) is 8.78 Å². The molecule has 0 saturated carbocycles. The minimum absolute atomic E-state index is 0.0253. The molecule has 1 heterocycles. The van der Waals surface area contributed by atoms with E-state index < -0.39 is 47.2 Å². The maximum Gasteiger partial charge on any atom is 0.243 e. The van der Waals surface area contributed by atoms with Crippen LogP contribution in [-0.4, -0.2) is 52.6 Å². The van der Waals surface area contributed by atoms with Crippen molar-refractivity contribution in [1.29, 1.82) is 0 Å². The standard InChI is InChI=1S/C24H33F2N3O3/c1-8-15-9-19(26)17(11-18(15)25)14(4)28-22(31)20-10-16(30)12-29(20)23(32)21(24(5,6)7)27-13(2)3/h1,9,11,13-14,16,20-21,27,30H,10,12H2,2-7H3,(H,28,31)/t14-,16+,20-,21+/m0/s1. The molecule has 0 unspecified atom stereocenters. The number of halogens is 2. The Bertz CT molecular complexity index is 905. The van der Waals surface area contributed by atoms with Gasteiger partial charge in [-0.1, -0.05) is 40.5 Å². The number of amides is 2. The molecule has 2 rings (SSSR count). The number of hydrogen-bond donors (Lipinski definition) is 3. The first kappa shape index (κ1) is 25.8. The van der Waals surface area contributed by atoms with E-state index in [1.165, 1.54) is 11.8 Å². The van der Waals surface area contributed by atoms with Gasteiger partial charge < -0.3 is 20.6 Å². The van der Waals surface area contributed by atoms with Gasteiger partial charge in [-0.05, 0) is 24.5 Å². The topological polar surface area (TPSA) is 81.7 Å². The molecule has 1 fully saturated rings. The maximum absolute atomic E-state index is 14.4. The molecule has 3 N–H and O–H groups in total. The number of nitrogens with one attached hydrogen (secondary N) is 2. The molecule has 2 amide bonds. The Balaban J connectivity index is 2.24. The van der Waals surface area contributed by atoms with Crippen LogP contribution in [0.3, 0.4) is 0 Å². The summed E-state index contributed by atoms with van der Waals surface area (Å²) >= 11 is 0. The number of nitrogens with zero attached hydrogens (tertiary/aromatic N) is 1. The SMILES string of the molecule is C#Cc1cc(F)c([C@H](C)NC(=O)[C@@H]2C[C@@H](O)CN2C(=O)[C@@H](NC(C)C)C(C)(C)C)cc1F. The number of aliphatic hydroxyl groups is 1. The third-order valence-electron chi connectivity index (χ3n) is 5.54. The second-order valence-corrected chi connectivity index (χ2v) is 9.74. The summed E-state index contributed by atoms with van der Waals surface area (Å²) in [6.07, 6.45) is 4.37. The highest BCUT2D eigenvalue weighted by molar-refractivity contribution is 5.91. The van der Waals surface area contributed by atoms with E-state index in [9.17, 15) is 23.5 Å². The lowest BCUT2D eigenvalue weighted by Gasteiger charge is -2.36. The Hall–Kier alpha value is -2.50. The highest BCUT2D eigenvalue weighted by Crippen LogP contribution is 2.27. The van der Waals surface area contributed by atoms with Crippen LogP contribution < -0.4 is 10.6 Å². The summed E-state index contributed by atoms with van der Waals surface area (Å²) in [6.45, 7) is 11.2. The Morgan fingerprint density at radius 3 is 2.38 bits per heavy atom. The van der Waals surface area contributed by atoms with E-state index in [0.717, 1.165) is 12.1 Å². The van der Waals surface area contributed by atoms with Crippen LogP contribution in [0.25, 0.3) is 0 Å². The summed E-state index contributed by atoms with van der Waals surface area (Å²) in [7, 11) is 0. The number of carbonyl (C=O) groups is 2. The molecule has 1 aliphatic rings. The Morgan fingerprint density at radius 2 is 1.84 bits per heavy atom. The zero-order valence-electron chi connectivity index (χ0n) is 19.5. The zero-order chi connectivity index (χ0) is 24.4. The van der Waals surface area contributed by atoms with Crippen LogP contribution in [-0.2, 0) is 9.59 Å². The quantitative estimate of drug-likeness (QED) is 0.583. The molecule has 1 saturated heterocycles. The molecule has 0 aromatic heterocycles. The lowest BCUT2D eigenvalue weighted by molar-refractivity contribution is -0.142. The highest BCUT2D eigenvalue weighted by atomic mass is 19.1. The van der Waals surface area contributed by atoms with Gasteiger partial charge in [0.25, 0.3) is 0 Å². The molecular formula is C24H33F2N3O3. The van der Waals surface area contributed by atoms with E-state index in [0.29, 0.717) is 0 Å². The van der Waals surface area contributed by atoms with Crippen molar-refractivity contribution in [3.8, 4) is 12.3 Å². The van der Waals surface area contributed by atoms with Gasteiger partial charge in [-0.25, -0.2) is 8.78 Å². The fraction of sp³-hybridized carbons (Fsp3) is 0.583. The van der Waals surface area contributed by atoms with E-state index in [1.54, 1.807) is 0 Å². The van der Waals surface area contributed by atoms with Crippen molar-refractivity contribution in [2.45, 2.75) is 78.2 Å². The summed E-state index contributed by atoms with van der Waals surface area (Å²) < 4.78 is 28.4. The third-order valence-corrected chi connectivity index (χ3v) is 5.54. The number of rotatable bonds is 6. The van der Waals surface area contributed by atoms with Gasteiger partial charge in [-0.2, -0.15) is 0 Å². The summed E-state index contributed by atoms with van der Waals surface area (Å²) in [6, 6.07) is -0.449. The minimum Gasteiger partial charge on any atom is -0.391 e. The number of benzene rings is 1. The van der Waals surface area contributed by atoms with Crippen molar-refractivity contribution >= 4 is 11.8 Å². The van der Waals surface area contributed by atoms with Gasteiger partial charge in [-0.15, -0.1) is 6.42 Å². The van der Waals surface area contributed by atoms with Gasteiger partial charge in [0.2, 0.25) is 11.8 Å². The van der Waals surface area contributed by atoms with Crippen LogP contribution in [0, 0.1) is 29.4 Å². The molecule has 4 atom stereocenters. The predicted molar refractivity (Wildman–Crippen MR) is 118 cm³/mol. The maximum atomic E-state index is 14.4. The molecular weight excluding hydrogens is 416 g/mol. The van der Waals surface area contributed by atoms with E-state index >= 15 is 0 Å². The van der Waals surface area contributed by atoms with Gasteiger partial charge >= 0.3 is 0 Å². The van der Waals surface area contributed by atoms with Gasteiger partial charge in [0.1, 0.15) is 17.7 Å². The Morgan fingerprint density at radius 1 is 1.22 bits per heavy atom. The fourth-order valence-electron chi connectivity index (χ4n) is 3.89. The zero-order valence-corrected chi connectivity index (χ0v) is 19.5. The lowest BCUT2D eigenvalue weighted by atomic mass is 9.85. The van der Waals surface area contributed by atoms with Crippen molar-refractivity contribution in [3.63, 3.8) is 0 Å². The predicted octanol–water partition coefficient (Wildman–Crippen LogP) is 2.50. The van der Waals surface area contributed by atoms with Gasteiger partial charge in [0.05, 0.1) is 23.8 Å². The third kappa shape index (κ3) is 5.84. The van der Waals surface area contributed by atoms with Crippen LogP contribution in [0.2, 0.25) is 0 Å². The van der Waals surface area contributed by atoms with Crippen molar-refractivity contribution in [1.82, 2.24) is 15.5 Å². The molecule has 0 radical (unpaired) electrons. The fourth-order valence-corrected chi connectivity index (χ4v) is 3.89. The van der Waals surface area contributed by atoms with E-state index in [1.807, 2.05) is 34.6 Å². The molecule has 1 aromatic rings. The van der Waals surface area contributed by atoms with Gasteiger partial charge in [-0.3, -0.25) is 9.59 Å². The second kappa shape index (κ2) is 9.97. The second-order valence-electron chi connectivity index (χ2n) is 9.74. The number of aliphatic hydroxyl groups excluding tert-OH is 1. The molecule has 1 aromatic carbocycles. The van der Waals surface area contributed by atoms with Crippen molar-refractivity contribution < 1.29 is 23.5 Å². The molecule has 32 heavy (non-hydrogen) atoms. The van der Waals surface area contributed by atoms with Gasteiger partial charge in [0.15, 0.2) is 0 Å². The molecule has 0 bridgehead atoms. The van der Waals surface area contributed by atoms with Crippen LogP contribution in [0.15, 0.2) is 12.1 Å². The summed E-state index contributed by atoms with van der Waals surface area (Å²) in [5, 5.41) is 16.1. The number of terminal acetylenes is 1. The summed E-state index contributed by atoms with van der Waals surface area (Å²) in [5.74, 6) is -0.255. The monoisotopic (exact) mass is 449 g/mol. The smallest absolute Gasteiger partial charge is 0.243 e. The number of hydrogen-bond acceptors (Lipinski definition) is 4. The van der Waals surface area contributed by atoms with Crippen LogP contribution in [0.1, 0.15) is 65.1 Å². The number of β-amino-alcohol motifs (C(OH)–C–C–N with tert-alkyl or cyclic N) is 1. The van der Waals surface area contributed by atoms with Crippen molar-refractivity contribution in [2.75, 3.05) is 6.54 Å². The highest BCUT2D eigenvalue weighted by Gasteiger charge is 2.44. The summed E-state index contributed by atoms with van der Waals surface area (Å²) in [5.41, 5.74) is -0.686. The average molecular weight is 450 g/mol. The first-order valence-corrected chi connectivity index (χ1v) is 10.8. The number of carbonyl (C=O) groups excluding carboxylic acids is 2. The van der Waals surface area contributed by atoms with Crippen molar-refractivity contribution in [3.05, 3.63) is 34.9 Å². The van der Waals surface area contributed by atoms with Gasteiger partial charge in [0, 0.05) is 24.6 Å². The van der Waals surface area contributed by atoms with E-state index in [4.69, 9.17) is 6.42 Å². The first-order valence-electron chi connectivity index (χ1n) is 10.8. The minimum atomic E-state index is -0.920. The first-order chi connectivity index (χ1) is 14.8. The average Bonchev–Trinajstić information content (AvgIpc) is 3.07. The molecule has 1 aliphatic heterocycles. The molecule has 8 heteroatoms. The lowest BCUT2D eigenvalue weighted by Crippen LogP contribution is -2.58. The molecule has 0 aliphatic carbocycles. The molecule has 6 nitrogen and oxygen atoms in total.